The lowest BCUT2D eigenvalue weighted by Gasteiger charge is -2.29. The molecule has 2 heteroatoms. The molecule has 1 heterocycles. The summed E-state index contributed by atoms with van der Waals surface area (Å²) in [5.74, 6) is 0. The molecule has 0 bridgehead atoms. The van der Waals surface area contributed by atoms with Crippen LogP contribution in [-0.2, 0) is 5.41 Å². The molecule has 0 saturated carbocycles. The third-order valence-corrected chi connectivity index (χ3v) is 12.0. The average molecular weight is 670 g/mol. The largest absolute Gasteiger partial charge is 0.309 e. The first kappa shape index (κ1) is 29.9. The summed E-state index contributed by atoms with van der Waals surface area (Å²) in [5.41, 5.74) is 13.8. The van der Waals surface area contributed by atoms with E-state index >= 15 is 0 Å². The third-order valence-electron chi connectivity index (χ3n) is 10.9. The SMILES string of the molecule is CC1(C)c2ccccc2-c2c(-c3ccc(N(c4ccccc4-c4ccc5c(c4)sc4ccccc45)c4cccc5ccccc45)cc3)cccc21. The molecule has 0 amide bonds. The highest BCUT2D eigenvalue weighted by Gasteiger charge is 2.36. The van der Waals surface area contributed by atoms with Gasteiger partial charge in [-0.2, -0.15) is 0 Å². The molecule has 1 nitrogen and oxygen atoms in total. The van der Waals surface area contributed by atoms with Crippen molar-refractivity contribution in [1.29, 1.82) is 0 Å². The summed E-state index contributed by atoms with van der Waals surface area (Å²) in [4.78, 5) is 2.45. The van der Waals surface area contributed by atoms with Gasteiger partial charge < -0.3 is 4.90 Å². The molecule has 242 valence electrons. The van der Waals surface area contributed by atoms with Crippen LogP contribution >= 0.6 is 11.3 Å². The zero-order chi connectivity index (χ0) is 34.1. The highest BCUT2D eigenvalue weighted by molar-refractivity contribution is 7.25. The molecule has 0 unspecified atom stereocenters. The first-order valence-corrected chi connectivity index (χ1v) is 18.5. The summed E-state index contributed by atoms with van der Waals surface area (Å²) in [5, 5.41) is 5.09. The van der Waals surface area contributed by atoms with Crippen LogP contribution in [0.5, 0.6) is 0 Å². The van der Waals surface area contributed by atoms with E-state index in [1.165, 1.54) is 75.5 Å². The molecule has 10 rings (SSSR count). The Morgan fingerprint density at radius 1 is 0.431 bits per heavy atom. The Bertz CT molecular complexity index is 2780. The zero-order valence-electron chi connectivity index (χ0n) is 28.6. The Kier molecular flexibility index (Phi) is 6.78. The molecule has 0 atom stereocenters. The van der Waals surface area contributed by atoms with Gasteiger partial charge in [-0.1, -0.05) is 153 Å². The second-order valence-corrected chi connectivity index (χ2v) is 15.2. The lowest BCUT2D eigenvalue weighted by Crippen LogP contribution is -2.14. The predicted molar refractivity (Wildman–Crippen MR) is 220 cm³/mol. The molecule has 0 radical (unpaired) electrons. The van der Waals surface area contributed by atoms with Gasteiger partial charge in [0.15, 0.2) is 0 Å². The zero-order valence-corrected chi connectivity index (χ0v) is 29.4. The lowest BCUT2D eigenvalue weighted by atomic mass is 9.82. The number of para-hydroxylation sites is 1. The van der Waals surface area contributed by atoms with E-state index in [4.69, 9.17) is 0 Å². The van der Waals surface area contributed by atoms with Gasteiger partial charge in [-0.15, -0.1) is 11.3 Å². The minimum absolute atomic E-state index is 0.0321. The number of fused-ring (bicyclic) bond motifs is 7. The van der Waals surface area contributed by atoms with Gasteiger partial charge in [-0.3, -0.25) is 0 Å². The maximum absolute atomic E-state index is 2.45. The fourth-order valence-corrected chi connectivity index (χ4v) is 9.55. The standard InChI is InChI=1S/C49H35NS/c1-49(2)42-20-8-5-18-41(42)48-38(19-12-21-43(48)49)33-25-28-35(29-26-33)50(45-23-11-14-32-13-3-4-15-36(32)45)44-22-9-6-16-37(44)34-27-30-40-39-17-7-10-24-46(39)51-47(40)31-34/h3-31H,1-2H3. The number of rotatable bonds is 5. The van der Waals surface area contributed by atoms with Gasteiger partial charge in [0.2, 0.25) is 0 Å². The summed E-state index contributed by atoms with van der Waals surface area (Å²) in [6, 6.07) is 64.8. The summed E-state index contributed by atoms with van der Waals surface area (Å²) in [7, 11) is 0. The van der Waals surface area contributed by atoms with E-state index in [9.17, 15) is 0 Å². The minimum atomic E-state index is -0.0321. The molecule has 1 aromatic heterocycles. The highest BCUT2D eigenvalue weighted by atomic mass is 32.1. The van der Waals surface area contributed by atoms with Crippen molar-refractivity contribution in [2.24, 2.45) is 0 Å². The minimum Gasteiger partial charge on any atom is -0.309 e. The van der Waals surface area contributed by atoms with Crippen LogP contribution in [0, 0.1) is 0 Å². The van der Waals surface area contributed by atoms with Crippen molar-refractivity contribution >= 4 is 59.3 Å². The monoisotopic (exact) mass is 669 g/mol. The van der Waals surface area contributed by atoms with Gasteiger partial charge in [0, 0.05) is 42.2 Å². The van der Waals surface area contributed by atoms with Crippen molar-refractivity contribution in [3.8, 4) is 33.4 Å². The Labute approximate surface area is 302 Å². The van der Waals surface area contributed by atoms with E-state index in [0.29, 0.717) is 0 Å². The number of nitrogens with zero attached hydrogens (tertiary/aromatic N) is 1. The van der Waals surface area contributed by atoms with Crippen molar-refractivity contribution in [3.05, 3.63) is 187 Å². The van der Waals surface area contributed by atoms with E-state index in [-0.39, 0.29) is 5.41 Å². The van der Waals surface area contributed by atoms with Crippen molar-refractivity contribution in [3.63, 3.8) is 0 Å². The maximum atomic E-state index is 2.45. The molecule has 0 fully saturated rings. The number of anilines is 3. The van der Waals surface area contributed by atoms with Crippen LogP contribution in [0.1, 0.15) is 25.0 Å². The first-order chi connectivity index (χ1) is 25.1. The average Bonchev–Trinajstić information content (AvgIpc) is 3.67. The Morgan fingerprint density at radius 2 is 1.04 bits per heavy atom. The smallest absolute Gasteiger partial charge is 0.0540 e. The normalized spacial score (nSPS) is 13.1. The second kappa shape index (κ2) is 11.6. The number of thiophene rings is 1. The third kappa shape index (κ3) is 4.67. The molecule has 51 heavy (non-hydrogen) atoms. The maximum Gasteiger partial charge on any atom is 0.0540 e. The molecule has 9 aromatic rings. The van der Waals surface area contributed by atoms with Gasteiger partial charge in [-0.25, -0.2) is 0 Å². The van der Waals surface area contributed by atoms with E-state index in [1.54, 1.807) is 0 Å². The Balaban J connectivity index is 1.15. The Morgan fingerprint density at radius 3 is 1.92 bits per heavy atom. The summed E-state index contributed by atoms with van der Waals surface area (Å²) in [6.45, 7) is 4.70. The van der Waals surface area contributed by atoms with Gasteiger partial charge >= 0.3 is 0 Å². The van der Waals surface area contributed by atoms with Crippen molar-refractivity contribution in [1.82, 2.24) is 0 Å². The molecule has 1 aliphatic carbocycles. The number of hydrogen-bond acceptors (Lipinski definition) is 2. The summed E-state index contributed by atoms with van der Waals surface area (Å²) in [6.07, 6.45) is 0. The molecular weight excluding hydrogens is 635 g/mol. The quantitative estimate of drug-likeness (QED) is 0.176. The number of hydrogen-bond donors (Lipinski definition) is 0. The van der Waals surface area contributed by atoms with Gasteiger partial charge in [0.25, 0.3) is 0 Å². The second-order valence-electron chi connectivity index (χ2n) is 14.1. The van der Waals surface area contributed by atoms with Crippen LogP contribution in [0.15, 0.2) is 176 Å². The van der Waals surface area contributed by atoms with Gasteiger partial charge in [0.1, 0.15) is 0 Å². The first-order valence-electron chi connectivity index (χ1n) is 17.7. The van der Waals surface area contributed by atoms with E-state index in [1.807, 2.05) is 11.3 Å². The summed E-state index contributed by atoms with van der Waals surface area (Å²) < 4.78 is 2.64. The van der Waals surface area contributed by atoms with Crippen LogP contribution < -0.4 is 4.90 Å². The van der Waals surface area contributed by atoms with Crippen LogP contribution in [-0.4, -0.2) is 0 Å². The number of benzene rings is 8. The van der Waals surface area contributed by atoms with Gasteiger partial charge in [-0.05, 0) is 80.7 Å². The van der Waals surface area contributed by atoms with Crippen molar-refractivity contribution in [2.75, 3.05) is 4.90 Å². The molecule has 0 N–H and O–H groups in total. The van der Waals surface area contributed by atoms with E-state index < -0.39 is 0 Å². The summed E-state index contributed by atoms with van der Waals surface area (Å²) >= 11 is 1.87. The fraction of sp³-hybridized carbons (Fsp3) is 0.0612. The van der Waals surface area contributed by atoms with Crippen molar-refractivity contribution in [2.45, 2.75) is 19.3 Å². The molecule has 0 aliphatic heterocycles. The molecule has 0 spiro atoms. The molecule has 1 aliphatic rings. The van der Waals surface area contributed by atoms with Crippen LogP contribution in [0.2, 0.25) is 0 Å². The highest BCUT2D eigenvalue weighted by Crippen LogP contribution is 2.52. The van der Waals surface area contributed by atoms with E-state index in [0.717, 1.165) is 17.1 Å². The van der Waals surface area contributed by atoms with Crippen LogP contribution in [0.3, 0.4) is 0 Å². The van der Waals surface area contributed by atoms with E-state index in [2.05, 4.69) is 195 Å². The molecule has 0 saturated heterocycles. The Hall–Kier alpha value is -5.96. The lowest BCUT2D eigenvalue weighted by molar-refractivity contribution is 0.660. The van der Waals surface area contributed by atoms with Gasteiger partial charge in [0.05, 0.1) is 11.4 Å². The predicted octanol–water partition coefficient (Wildman–Crippen LogP) is 14.3. The molecule has 8 aromatic carbocycles. The topological polar surface area (TPSA) is 3.24 Å². The van der Waals surface area contributed by atoms with Crippen molar-refractivity contribution < 1.29 is 0 Å². The van der Waals surface area contributed by atoms with Crippen LogP contribution in [0.4, 0.5) is 17.1 Å². The molecular formula is C49H35NS. The van der Waals surface area contributed by atoms with Crippen LogP contribution in [0.25, 0.3) is 64.3 Å². The fourth-order valence-electron chi connectivity index (χ4n) is 8.40.